The van der Waals surface area contributed by atoms with Gasteiger partial charge in [0.2, 0.25) is 17.7 Å². The van der Waals surface area contributed by atoms with Crippen molar-refractivity contribution in [1.29, 1.82) is 0 Å². The van der Waals surface area contributed by atoms with Crippen LogP contribution < -0.4 is 20.4 Å². The third-order valence-corrected chi connectivity index (χ3v) is 14.5. The SMILES string of the molecule is COc1ccc(-c2noc([C@@H]3[C@@H](CCC(C)(C)[Si](O)(c4ccccc4)c4ccccc4)CCN3C(=NC(=O)OC(C)(C)C)NC(=O)OC(C)(C)C)n2)cc1C(F)(F)F. The van der Waals surface area contributed by atoms with Crippen LogP contribution in [0.2, 0.25) is 5.04 Å². The predicted molar refractivity (Wildman–Crippen MR) is 215 cm³/mol. The van der Waals surface area contributed by atoms with Gasteiger partial charge in [0.15, 0.2) is 0 Å². The summed E-state index contributed by atoms with van der Waals surface area (Å²) in [6, 6.07) is 21.9. The molecule has 2 N–H and O–H groups in total. The number of likely N-dealkylation sites (tertiary alicyclic amines) is 1. The van der Waals surface area contributed by atoms with E-state index in [9.17, 15) is 27.6 Å². The molecule has 58 heavy (non-hydrogen) atoms. The van der Waals surface area contributed by atoms with Gasteiger partial charge in [0, 0.05) is 12.1 Å². The molecule has 3 aromatic carbocycles. The largest absolute Gasteiger partial charge is 0.496 e. The molecule has 1 aliphatic rings. The number of guanidine groups is 1. The fraction of sp³-hybridized carbons (Fsp3) is 0.452. The molecular formula is C42H52F3N5O7Si. The van der Waals surface area contributed by atoms with Crippen molar-refractivity contribution >= 4 is 36.8 Å². The third-order valence-electron chi connectivity index (χ3n) is 9.96. The van der Waals surface area contributed by atoms with Crippen molar-refractivity contribution in [2.45, 2.75) is 103 Å². The van der Waals surface area contributed by atoms with E-state index in [2.05, 4.69) is 20.4 Å². The Labute approximate surface area is 337 Å². The van der Waals surface area contributed by atoms with Crippen molar-refractivity contribution in [3.8, 4) is 17.1 Å². The lowest BCUT2D eigenvalue weighted by Crippen LogP contribution is -2.65. The molecule has 312 valence electrons. The molecule has 16 heteroatoms. The number of benzene rings is 3. The molecule has 2 heterocycles. The van der Waals surface area contributed by atoms with Gasteiger partial charge in [0.25, 0.3) is 8.32 Å². The number of halogens is 3. The highest BCUT2D eigenvalue weighted by Crippen LogP contribution is 2.46. The number of carbonyl (C=O) groups is 2. The van der Waals surface area contributed by atoms with Crippen molar-refractivity contribution < 1.29 is 46.3 Å². The van der Waals surface area contributed by atoms with E-state index in [1.165, 1.54) is 12.1 Å². The maximum absolute atomic E-state index is 14.0. The Morgan fingerprint density at radius 1 is 0.914 bits per heavy atom. The van der Waals surface area contributed by atoms with E-state index in [1.54, 1.807) is 46.4 Å². The fourth-order valence-electron chi connectivity index (χ4n) is 7.24. The minimum absolute atomic E-state index is 0.0150. The van der Waals surface area contributed by atoms with Crippen LogP contribution in [0, 0.1) is 5.92 Å². The molecule has 0 saturated carbocycles. The molecule has 1 fully saturated rings. The molecule has 2 atom stereocenters. The molecule has 0 spiro atoms. The van der Waals surface area contributed by atoms with E-state index >= 15 is 0 Å². The molecule has 1 saturated heterocycles. The first kappa shape index (κ1) is 43.9. The van der Waals surface area contributed by atoms with E-state index in [4.69, 9.17) is 18.7 Å². The lowest BCUT2D eigenvalue weighted by Gasteiger charge is -2.42. The van der Waals surface area contributed by atoms with Crippen LogP contribution in [0.3, 0.4) is 0 Å². The minimum atomic E-state index is -4.72. The quantitative estimate of drug-likeness (QED) is 0.0961. The number of hydrogen-bond acceptors (Lipinski definition) is 9. The van der Waals surface area contributed by atoms with Gasteiger partial charge in [-0.15, -0.1) is 4.99 Å². The van der Waals surface area contributed by atoms with Crippen LogP contribution in [-0.2, 0) is 15.7 Å². The topological polar surface area (TPSA) is 149 Å². The molecule has 1 aromatic heterocycles. The standard InChI is InChI=1S/C42H52F3N5O7Si/c1-39(2,3)55-37(51)47-36(48-38(52)56-40(4,5)6)50-25-23-27(22-24-41(7,8)58(53,29-16-12-10-13-17-29)30-18-14-11-15-19-30)33(50)35-46-34(49-57-35)28-20-21-32(54-9)31(26-28)42(43,44)45/h10-21,26-27,33,53H,22-25H2,1-9H3,(H,47,48,51,52)/t27-,33-/m0/s1. The molecule has 2 amide bonds. The number of aromatic nitrogens is 2. The summed E-state index contributed by atoms with van der Waals surface area (Å²) in [7, 11) is -2.27. The molecule has 4 aromatic rings. The molecule has 0 aliphatic carbocycles. The zero-order valence-electron chi connectivity index (χ0n) is 34.3. The van der Waals surface area contributed by atoms with E-state index < -0.39 is 54.5 Å². The van der Waals surface area contributed by atoms with Crippen LogP contribution >= 0.6 is 0 Å². The zero-order valence-corrected chi connectivity index (χ0v) is 35.3. The second kappa shape index (κ2) is 16.9. The summed E-state index contributed by atoms with van der Waals surface area (Å²) in [5, 5.41) is 7.76. The summed E-state index contributed by atoms with van der Waals surface area (Å²) in [4.78, 5) is 49.7. The summed E-state index contributed by atoms with van der Waals surface area (Å²) in [6.07, 6.45) is -5.09. The van der Waals surface area contributed by atoms with E-state index in [-0.39, 0.29) is 41.5 Å². The normalized spacial score (nSPS) is 16.9. The number of alkyl halides is 3. The van der Waals surface area contributed by atoms with E-state index in [0.29, 0.717) is 19.3 Å². The zero-order chi connectivity index (χ0) is 42.7. The average Bonchev–Trinajstić information content (AvgIpc) is 3.79. The van der Waals surface area contributed by atoms with Gasteiger partial charge in [-0.25, -0.2) is 9.59 Å². The number of alkyl carbamates (subject to hydrolysis) is 1. The summed E-state index contributed by atoms with van der Waals surface area (Å²) in [6.45, 7) is 14.4. The lowest BCUT2D eigenvalue weighted by atomic mass is 9.91. The van der Waals surface area contributed by atoms with Crippen LogP contribution in [0.1, 0.15) is 92.1 Å². The highest BCUT2D eigenvalue weighted by Gasteiger charge is 2.51. The maximum atomic E-state index is 14.0. The summed E-state index contributed by atoms with van der Waals surface area (Å²) < 4.78 is 63.8. The smallest absolute Gasteiger partial charge is 0.437 e. The molecule has 0 radical (unpaired) electrons. The number of methoxy groups -OCH3 is 1. The Balaban J connectivity index is 1.58. The average molecular weight is 824 g/mol. The number of carbonyl (C=O) groups excluding carboxylic acids is 2. The van der Waals surface area contributed by atoms with Gasteiger partial charge in [0.05, 0.1) is 12.7 Å². The molecule has 12 nitrogen and oxygen atoms in total. The predicted octanol–water partition coefficient (Wildman–Crippen LogP) is 8.26. The Kier molecular flexibility index (Phi) is 12.8. The summed E-state index contributed by atoms with van der Waals surface area (Å²) in [5.41, 5.74) is -2.79. The third kappa shape index (κ3) is 10.3. The Bertz CT molecular complexity index is 2040. The van der Waals surface area contributed by atoms with Crippen molar-refractivity contribution in [2.24, 2.45) is 10.9 Å². The fourth-order valence-corrected chi connectivity index (χ4v) is 11.0. The van der Waals surface area contributed by atoms with Crippen molar-refractivity contribution in [2.75, 3.05) is 13.7 Å². The van der Waals surface area contributed by atoms with Gasteiger partial charge in [0.1, 0.15) is 23.0 Å². The highest BCUT2D eigenvalue weighted by atomic mass is 28.4. The minimum Gasteiger partial charge on any atom is -0.496 e. The first-order chi connectivity index (χ1) is 27.0. The van der Waals surface area contributed by atoms with Crippen LogP contribution in [-0.4, -0.2) is 71.2 Å². The van der Waals surface area contributed by atoms with Gasteiger partial charge < -0.3 is 28.4 Å². The second-order valence-electron chi connectivity index (χ2n) is 17.0. The molecule has 0 unspecified atom stereocenters. The van der Waals surface area contributed by atoms with Crippen LogP contribution in [0.25, 0.3) is 11.4 Å². The first-order valence-electron chi connectivity index (χ1n) is 19.0. The monoisotopic (exact) mass is 823 g/mol. The van der Waals surface area contributed by atoms with E-state index in [1.807, 2.05) is 74.5 Å². The number of nitrogens with one attached hydrogen (secondary N) is 1. The van der Waals surface area contributed by atoms with Crippen molar-refractivity contribution in [3.63, 3.8) is 0 Å². The van der Waals surface area contributed by atoms with Gasteiger partial charge in [-0.3, -0.25) is 5.32 Å². The second-order valence-corrected chi connectivity index (χ2v) is 20.9. The van der Waals surface area contributed by atoms with Gasteiger partial charge in [-0.05, 0) is 100 Å². The van der Waals surface area contributed by atoms with Gasteiger partial charge in [-0.1, -0.05) is 79.7 Å². The number of ether oxygens (including phenoxy) is 3. The van der Waals surface area contributed by atoms with Crippen LogP contribution in [0.4, 0.5) is 22.8 Å². The summed E-state index contributed by atoms with van der Waals surface area (Å²) in [5.74, 6) is -0.965. The highest BCUT2D eigenvalue weighted by molar-refractivity contribution is 6.98. The number of nitrogens with zero attached hydrogens (tertiary/aromatic N) is 4. The van der Waals surface area contributed by atoms with Crippen molar-refractivity contribution in [1.82, 2.24) is 20.4 Å². The Morgan fingerprint density at radius 3 is 2.03 bits per heavy atom. The number of rotatable bonds is 9. The van der Waals surface area contributed by atoms with Gasteiger partial charge >= 0.3 is 18.4 Å². The first-order valence-corrected chi connectivity index (χ1v) is 21.0. The van der Waals surface area contributed by atoms with Crippen LogP contribution in [0.15, 0.2) is 88.4 Å². The van der Waals surface area contributed by atoms with Gasteiger partial charge in [-0.2, -0.15) is 18.2 Å². The van der Waals surface area contributed by atoms with E-state index in [0.717, 1.165) is 23.5 Å². The molecular weight excluding hydrogens is 772 g/mol. The number of aliphatic imine (C=N–C) groups is 1. The molecule has 1 aliphatic heterocycles. The Hall–Kier alpha value is -5.22. The number of hydrogen-bond donors (Lipinski definition) is 2. The Morgan fingerprint density at radius 2 is 1.50 bits per heavy atom. The van der Waals surface area contributed by atoms with Crippen molar-refractivity contribution in [3.05, 3.63) is 90.3 Å². The summed E-state index contributed by atoms with van der Waals surface area (Å²) >= 11 is 0. The maximum Gasteiger partial charge on any atom is 0.437 e. The number of amides is 2. The lowest BCUT2D eigenvalue weighted by molar-refractivity contribution is -0.138. The molecule has 0 bridgehead atoms. The molecule has 5 rings (SSSR count). The van der Waals surface area contributed by atoms with Crippen LogP contribution in [0.5, 0.6) is 5.75 Å².